The van der Waals surface area contributed by atoms with Gasteiger partial charge in [0.1, 0.15) is 6.10 Å². The number of allylic oxidation sites excluding steroid dienone is 2. The van der Waals surface area contributed by atoms with Crippen molar-refractivity contribution < 1.29 is 23.8 Å². The van der Waals surface area contributed by atoms with Crippen molar-refractivity contribution in [3.63, 3.8) is 0 Å². The monoisotopic (exact) mass is 487 g/mol. The van der Waals surface area contributed by atoms with Crippen LogP contribution < -0.4 is 14.8 Å². The summed E-state index contributed by atoms with van der Waals surface area (Å²) >= 11 is 0. The summed E-state index contributed by atoms with van der Waals surface area (Å²) in [5.74, 6) is 2.68. The summed E-state index contributed by atoms with van der Waals surface area (Å²) < 4.78 is 16.7. The largest absolute Gasteiger partial charge is 0.514 e. The molecule has 0 spiro atoms. The summed E-state index contributed by atoms with van der Waals surface area (Å²) in [7, 11) is 1.53. The third kappa shape index (κ3) is 10.3. The van der Waals surface area contributed by atoms with Crippen LogP contribution in [0.25, 0.3) is 0 Å². The average Bonchev–Trinajstić information content (AvgIpc) is 2.80. The Labute approximate surface area is 211 Å². The van der Waals surface area contributed by atoms with E-state index in [0.717, 1.165) is 37.7 Å². The molecule has 0 saturated heterocycles. The number of hydrogen-bond donors (Lipinski definition) is 1. The molecule has 1 amide bonds. The van der Waals surface area contributed by atoms with Crippen LogP contribution in [0, 0.1) is 23.7 Å². The molecule has 1 aliphatic carbocycles. The number of hydrogen-bond acceptors (Lipinski definition) is 5. The first-order valence-corrected chi connectivity index (χ1v) is 13.2. The summed E-state index contributed by atoms with van der Waals surface area (Å²) in [5.41, 5.74) is 0.872. The highest BCUT2D eigenvalue weighted by Crippen LogP contribution is 2.36. The smallest absolute Gasteiger partial charge is 0.493 e. The van der Waals surface area contributed by atoms with Crippen molar-refractivity contribution in [3.8, 4) is 11.5 Å². The van der Waals surface area contributed by atoms with E-state index in [0.29, 0.717) is 48.1 Å². The zero-order valence-electron chi connectivity index (χ0n) is 22.5. The molecule has 0 aromatic heterocycles. The number of carbonyl (C=O) groups excluding carboxylic acids is 2. The first kappa shape index (κ1) is 28.7. The van der Waals surface area contributed by atoms with Crippen LogP contribution in [0.1, 0.15) is 85.1 Å². The lowest BCUT2D eigenvalue weighted by molar-refractivity contribution is -0.121. The maximum atomic E-state index is 12.6. The molecule has 1 saturated carbocycles. The highest BCUT2D eigenvalue weighted by Gasteiger charge is 2.34. The van der Waals surface area contributed by atoms with E-state index in [-0.39, 0.29) is 12.0 Å². The Balaban J connectivity index is 1.83. The topological polar surface area (TPSA) is 73.9 Å². The minimum Gasteiger partial charge on any atom is -0.493 e. The Kier molecular flexibility index (Phi) is 12.1. The molecule has 3 atom stereocenters. The Morgan fingerprint density at radius 2 is 1.89 bits per heavy atom. The molecular formula is C29H45NO5. The summed E-state index contributed by atoms with van der Waals surface area (Å²) in [6, 6.07) is 5.28. The van der Waals surface area contributed by atoms with Crippen molar-refractivity contribution in [2.24, 2.45) is 23.7 Å². The van der Waals surface area contributed by atoms with E-state index in [2.05, 4.69) is 52.1 Å². The number of carbonyl (C=O) groups is 2. The highest BCUT2D eigenvalue weighted by molar-refractivity contribution is 5.75. The second-order valence-electron chi connectivity index (χ2n) is 10.5. The number of unbranched alkanes of at least 4 members (excludes halogenated alkanes) is 2. The van der Waals surface area contributed by atoms with Gasteiger partial charge in [0.15, 0.2) is 11.5 Å². The molecule has 1 aromatic rings. The second-order valence-corrected chi connectivity index (χ2v) is 10.5. The molecule has 1 N–H and O–H groups in total. The van der Waals surface area contributed by atoms with Gasteiger partial charge >= 0.3 is 6.16 Å². The van der Waals surface area contributed by atoms with E-state index in [9.17, 15) is 9.59 Å². The van der Waals surface area contributed by atoms with Crippen molar-refractivity contribution in [2.45, 2.75) is 92.2 Å². The van der Waals surface area contributed by atoms with Crippen molar-refractivity contribution in [1.82, 2.24) is 5.32 Å². The SMILES string of the molecule is COc1cc(CNC(=O)CCCC/C=C/C(C)C)ccc1OC(=O)OC1C[C@H](C)CC[C@H]1C(C)C. The molecule has 0 bridgehead atoms. The number of benzene rings is 1. The molecule has 35 heavy (non-hydrogen) atoms. The Bertz CT molecular complexity index is 832. The van der Waals surface area contributed by atoms with Crippen molar-refractivity contribution in [2.75, 3.05) is 7.11 Å². The van der Waals surface area contributed by atoms with E-state index in [4.69, 9.17) is 14.2 Å². The molecule has 6 nitrogen and oxygen atoms in total. The quantitative estimate of drug-likeness (QED) is 0.148. The molecule has 0 aliphatic heterocycles. The molecule has 0 heterocycles. The van der Waals surface area contributed by atoms with Gasteiger partial charge in [-0.1, -0.05) is 59.3 Å². The van der Waals surface area contributed by atoms with Gasteiger partial charge in [-0.3, -0.25) is 4.79 Å². The third-order valence-corrected chi connectivity index (χ3v) is 6.67. The van der Waals surface area contributed by atoms with Gasteiger partial charge in [0.05, 0.1) is 7.11 Å². The zero-order chi connectivity index (χ0) is 25.8. The van der Waals surface area contributed by atoms with Crippen LogP contribution in [0.15, 0.2) is 30.4 Å². The van der Waals surface area contributed by atoms with E-state index < -0.39 is 6.16 Å². The molecule has 1 aromatic carbocycles. The zero-order valence-corrected chi connectivity index (χ0v) is 22.5. The minimum absolute atomic E-state index is 0.0297. The maximum absolute atomic E-state index is 12.6. The summed E-state index contributed by atoms with van der Waals surface area (Å²) in [6.45, 7) is 11.3. The van der Waals surface area contributed by atoms with Crippen LogP contribution in [0.2, 0.25) is 0 Å². The van der Waals surface area contributed by atoms with E-state index in [1.54, 1.807) is 12.1 Å². The van der Waals surface area contributed by atoms with Gasteiger partial charge in [-0.15, -0.1) is 0 Å². The van der Waals surface area contributed by atoms with Gasteiger partial charge in [-0.25, -0.2) is 4.79 Å². The number of ether oxygens (including phenoxy) is 3. The van der Waals surface area contributed by atoms with Gasteiger partial charge < -0.3 is 19.5 Å². The van der Waals surface area contributed by atoms with Crippen LogP contribution >= 0.6 is 0 Å². The van der Waals surface area contributed by atoms with Crippen LogP contribution in [0.3, 0.4) is 0 Å². The first-order chi connectivity index (χ1) is 16.7. The number of rotatable bonds is 12. The number of methoxy groups -OCH3 is 1. The first-order valence-electron chi connectivity index (χ1n) is 13.2. The van der Waals surface area contributed by atoms with Gasteiger partial charge in [0.25, 0.3) is 0 Å². The Morgan fingerprint density at radius 3 is 2.57 bits per heavy atom. The van der Waals surface area contributed by atoms with E-state index >= 15 is 0 Å². The molecule has 6 heteroatoms. The fourth-order valence-corrected chi connectivity index (χ4v) is 4.60. The van der Waals surface area contributed by atoms with Crippen LogP contribution in [0.4, 0.5) is 4.79 Å². The highest BCUT2D eigenvalue weighted by atomic mass is 16.7. The summed E-state index contributed by atoms with van der Waals surface area (Å²) in [6.07, 6.45) is 10.0. The molecule has 1 unspecified atom stereocenters. The van der Waals surface area contributed by atoms with Crippen molar-refractivity contribution in [1.29, 1.82) is 0 Å². The molecule has 0 radical (unpaired) electrons. The lowest BCUT2D eigenvalue weighted by Gasteiger charge is -2.36. The van der Waals surface area contributed by atoms with Gasteiger partial charge in [0.2, 0.25) is 5.91 Å². The van der Waals surface area contributed by atoms with Crippen LogP contribution in [0.5, 0.6) is 11.5 Å². The number of nitrogens with one attached hydrogen (secondary N) is 1. The lowest BCUT2D eigenvalue weighted by atomic mass is 9.75. The fraction of sp³-hybridized carbons (Fsp3) is 0.655. The predicted octanol–water partition coefficient (Wildman–Crippen LogP) is 7.06. The van der Waals surface area contributed by atoms with Crippen molar-refractivity contribution >= 4 is 12.1 Å². The average molecular weight is 488 g/mol. The van der Waals surface area contributed by atoms with Gasteiger partial charge in [-0.05, 0) is 73.5 Å². The maximum Gasteiger partial charge on any atom is 0.514 e. The standard InChI is InChI=1S/C29H45NO5/c1-20(2)11-9-7-8-10-12-28(31)30-19-23-14-16-25(27(18-23)33-6)34-29(32)35-26-17-22(5)13-15-24(26)21(3)4/h9,11,14,16,18,20-22,24,26H,7-8,10,12-13,15,17,19H2,1-6H3,(H,30,31)/b11-9+/t22-,24+,26?/m1/s1. The normalized spacial score (nSPS) is 20.3. The predicted molar refractivity (Wildman–Crippen MR) is 140 cm³/mol. The number of amides is 1. The van der Waals surface area contributed by atoms with Crippen molar-refractivity contribution in [3.05, 3.63) is 35.9 Å². The molecule has 196 valence electrons. The fourth-order valence-electron chi connectivity index (χ4n) is 4.60. The van der Waals surface area contributed by atoms with Crippen LogP contribution in [-0.4, -0.2) is 25.3 Å². The van der Waals surface area contributed by atoms with Crippen LogP contribution in [-0.2, 0) is 16.1 Å². The molecular weight excluding hydrogens is 442 g/mol. The Morgan fingerprint density at radius 1 is 1.11 bits per heavy atom. The lowest BCUT2D eigenvalue weighted by Crippen LogP contribution is -2.36. The second kappa shape index (κ2) is 14.8. The third-order valence-electron chi connectivity index (χ3n) is 6.67. The molecule has 1 fully saturated rings. The van der Waals surface area contributed by atoms with Gasteiger partial charge in [0, 0.05) is 13.0 Å². The van der Waals surface area contributed by atoms with E-state index in [1.165, 1.54) is 13.5 Å². The van der Waals surface area contributed by atoms with E-state index in [1.807, 2.05) is 6.07 Å². The van der Waals surface area contributed by atoms with Gasteiger partial charge in [-0.2, -0.15) is 0 Å². The minimum atomic E-state index is -0.697. The molecule has 1 aliphatic rings. The Hall–Kier alpha value is -2.50. The summed E-state index contributed by atoms with van der Waals surface area (Å²) in [5, 5.41) is 2.95. The molecule has 2 rings (SSSR count). The summed E-state index contributed by atoms with van der Waals surface area (Å²) in [4.78, 5) is 24.7.